The summed E-state index contributed by atoms with van der Waals surface area (Å²) in [5, 5.41) is 10.3. The Kier molecular flexibility index (Phi) is 6.89. The third kappa shape index (κ3) is 5.52. The molecule has 1 fully saturated rings. The minimum Gasteiger partial charge on any atom is -0.414 e. The summed E-state index contributed by atoms with van der Waals surface area (Å²) in [6.07, 6.45) is 2.20. The van der Waals surface area contributed by atoms with Gasteiger partial charge in [-0.1, -0.05) is 34.1 Å². The first-order chi connectivity index (χ1) is 10.4. The molecule has 1 atom stereocenters. The first-order valence-electron chi connectivity index (χ1n) is 8.58. The highest BCUT2D eigenvalue weighted by molar-refractivity contribution is 7.88. The molecule has 0 heterocycles. The SMILES string of the molecule is CCCCOS(=O)(=O)C1(CC(O)CO[Si](C)(C)C(C)(C)C)CC1. The van der Waals surface area contributed by atoms with E-state index in [1.54, 1.807) is 0 Å². The molecule has 1 aliphatic rings. The molecule has 0 amide bonds. The van der Waals surface area contributed by atoms with Crippen LogP contribution in [0.2, 0.25) is 18.1 Å². The average molecular weight is 367 g/mol. The highest BCUT2D eigenvalue weighted by atomic mass is 32.2. The normalized spacial score (nSPS) is 19.6. The van der Waals surface area contributed by atoms with Gasteiger partial charge in [-0.15, -0.1) is 0 Å². The van der Waals surface area contributed by atoms with Crippen molar-refractivity contribution in [1.82, 2.24) is 0 Å². The van der Waals surface area contributed by atoms with Gasteiger partial charge in [-0.3, -0.25) is 4.18 Å². The van der Waals surface area contributed by atoms with Crippen molar-refractivity contribution in [2.45, 2.75) is 88.8 Å². The molecule has 1 saturated carbocycles. The van der Waals surface area contributed by atoms with Crippen molar-refractivity contribution in [3.8, 4) is 0 Å². The lowest BCUT2D eigenvalue weighted by Crippen LogP contribution is -2.43. The van der Waals surface area contributed by atoms with Gasteiger partial charge >= 0.3 is 0 Å². The van der Waals surface area contributed by atoms with Crippen molar-refractivity contribution in [3.63, 3.8) is 0 Å². The maximum Gasteiger partial charge on any atom is 0.273 e. The van der Waals surface area contributed by atoms with E-state index in [2.05, 4.69) is 33.9 Å². The van der Waals surface area contributed by atoms with Crippen molar-refractivity contribution in [2.75, 3.05) is 13.2 Å². The summed E-state index contributed by atoms with van der Waals surface area (Å²) >= 11 is 0. The Labute approximate surface area is 143 Å². The van der Waals surface area contributed by atoms with Gasteiger partial charge in [0, 0.05) is 0 Å². The largest absolute Gasteiger partial charge is 0.414 e. The van der Waals surface area contributed by atoms with Gasteiger partial charge in [0.05, 0.1) is 19.3 Å². The zero-order chi connectivity index (χ0) is 17.9. The fourth-order valence-electron chi connectivity index (χ4n) is 2.14. The number of aliphatic hydroxyl groups is 1. The summed E-state index contributed by atoms with van der Waals surface area (Å²) in [6, 6.07) is 0. The number of hydrogen-bond acceptors (Lipinski definition) is 5. The van der Waals surface area contributed by atoms with E-state index in [9.17, 15) is 13.5 Å². The van der Waals surface area contributed by atoms with Gasteiger partial charge in [-0.25, -0.2) is 0 Å². The summed E-state index contributed by atoms with van der Waals surface area (Å²) in [5.74, 6) is 0. The smallest absolute Gasteiger partial charge is 0.273 e. The molecule has 0 aromatic carbocycles. The third-order valence-electron chi connectivity index (χ3n) is 5.12. The number of rotatable bonds is 10. The Morgan fingerprint density at radius 3 is 2.26 bits per heavy atom. The molecule has 1 N–H and O–H groups in total. The maximum absolute atomic E-state index is 12.3. The molecule has 7 heteroatoms. The van der Waals surface area contributed by atoms with Gasteiger partial charge in [0.25, 0.3) is 10.1 Å². The summed E-state index contributed by atoms with van der Waals surface area (Å²) in [4.78, 5) is 0. The van der Waals surface area contributed by atoms with Crippen LogP contribution < -0.4 is 0 Å². The molecule has 0 bridgehead atoms. The highest BCUT2D eigenvalue weighted by Crippen LogP contribution is 2.48. The average Bonchev–Trinajstić information content (AvgIpc) is 3.17. The number of hydrogen-bond donors (Lipinski definition) is 1. The lowest BCUT2D eigenvalue weighted by molar-refractivity contribution is 0.0891. The molecular weight excluding hydrogens is 332 g/mol. The Bertz CT molecular complexity index is 477. The van der Waals surface area contributed by atoms with Crippen molar-refractivity contribution < 1.29 is 22.1 Å². The fourth-order valence-corrected chi connectivity index (χ4v) is 4.77. The standard InChI is InChI=1S/C16H34O5SSi/c1-7-8-11-20-22(18,19)16(9-10-16)12-14(17)13-21-23(5,6)15(2,3)4/h14,17H,7-13H2,1-6H3. The lowest BCUT2D eigenvalue weighted by atomic mass is 10.2. The van der Waals surface area contributed by atoms with Crippen LogP contribution in [0.4, 0.5) is 0 Å². The van der Waals surface area contributed by atoms with E-state index in [1.807, 2.05) is 6.92 Å². The van der Waals surface area contributed by atoms with E-state index in [1.165, 1.54) is 0 Å². The molecule has 23 heavy (non-hydrogen) atoms. The predicted octanol–water partition coefficient (Wildman–Crippen LogP) is 3.44. The van der Waals surface area contributed by atoms with E-state index in [0.29, 0.717) is 12.8 Å². The van der Waals surface area contributed by atoms with Crippen molar-refractivity contribution >= 4 is 18.4 Å². The van der Waals surface area contributed by atoms with Crippen LogP contribution in [0.5, 0.6) is 0 Å². The summed E-state index contributed by atoms with van der Waals surface area (Å²) in [6.45, 7) is 13.1. The van der Waals surface area contributed by atoms with Gasteiger partial charge in [-0.05, 0) is 43.8 Å². The summed E-state index contributed by atoms with van der Waals surface area (Å²) in [5.41, 5.74) is 0. The molecule has 1 aliphatic carbocycles. The second kappa shape index (κ2) is 7.52. The number of unbranched alkanes of at least 4 members (excludes halogenated alkanes) is 1. The topological polar surface area (TPSA) is 72.8 Å². The summed E-state index contributed by atoms with van der Waals surface area (Å²) in [7, 11) is -5.54. The Morgan fingerprint density at radius 2 is 1.83 bits per heavy atom. The molecule has 1 rings (SSSR count). The van der Waals surface area contributed by atoms with Crippen LogP contribution in [0, 0.1) is 0 Å². The molecule has 138 valence electrons. The molecular formula is C16H34O5SSi. The second-order valence-corrected chi connectivity index (χ2v) is 15.1. The van der Waals surface area contributed by atoms with E-state index < -0.39 is 29.3 Å². The zero-order valence-electron chi connectivity index (χ0n) is 15.5. The van der Waals surface area contributed by atoms with E-state index >= 15 is 0 Å². The molecule has 1 unspecified atom stereocenters. The van der Waals surface area contributed by atoms with Gasteiger partial charge in [-0.2, -0.15) is 8.42 Å². The van der Waals surface area contributed by atoms with Gasteiger partial charge in [0.2, 0.25) is 0 Å². The zero-order valence-corrected chi connectivity index (χ0v) is 17.3. The van der Waals surface area contributed by atoms with Crippen LogP contribution in [0.1, 0.15) is 59.8 Å². The fraction of sp³-hybridized carbons (Fsp3) is 1.00. The molecule has 0 radical (unpaired) electrons. The van der Waals surface area contributed by atoms with Crippen molar-refractivity contribution in [3.05, 3.63) is 0 Å². The third-order valence-corrected chi connectivity index (χ3v) is 11.7. The quantitative estimate of drug-likeness (QED) is 0.364. The Morgan fingerprint density at radius 1 is 1.26 bits per heavy atom. The van der Waals surface area contributed by atoms with Crippen LogP contribution in [0.3, 0.4) is 0 Å². The van der Waals surface area contributed by atoms with Crippen LogP contribution >= 0.6 is 0 Å². The molecule has 5 nitrogen and oxygen atoms in total. The number of aliphatic hydroxyl groups excluding tert-OH is 1. The Hall–Kier alpha value is 0.0469. The van der Waals surface area contributed by atoms with E-state index in [-0.39, 0.29) is 24.7 Å². The minimum absolute atomic E-state index is 0.0688. The molecule has 0 aliphatic heterocycles. The van der Waals surface area contributed by atoms with Crippen molar-refractivity contribution in [2.24, 2.45) is 0 Å². The first-order valence-corrected chi connectivity index (χ1v) is 12.9. The second-order valence-electron chi connectivity index (χ2n) is 8.24. The predicted molar refractivity (Wildman–Crippen MR) is 95.5 cm³/mol. The first kappa shape index (κ1) is 21.1. The summed E-state index contributed by atoms with van der Waals surface area (Å²) < 4.78 is 34.9. The molecule has 0 saturated heterocycles. The molecule has 0 spiro atoms. The monoisotopic (exact) mass is 366 g/mol. The van der Waals surface area contributed by atoms with Crippen LogP contribution in [-0.4, -0.2) is 45.9 Å². The lowest BCUT2D eigenvalue weighted by Gasteiger charge is -2.37. The van der Waals surface area contributed by atoms with Crippen LogP contribution in [0.25, 0.3) is 0 Å². The van der Waals surface area contributed by atoms with Crippen LogP contribution in [-0.2, 0) is 18.7 Å². The minimum atomic E-state index is -3.60. The van der Waals surface area contributed by atoms with Crippen molar-refractivity contribution in [1.29, 1.82) is 0 Å². The van der Waals surface area contributed by atoms with Crippen LogP contribution in [0.15, 0.2) is 0 Å². The maximum atomic E-state index is 12.3. The Balaban J connectivity index is 2.55. The molecule has 0 aromatic heterocycles. The molecule has 0 aromatic rings. The van der Waals surface area contributed by atoms with Gasteiger partial charge < -0.3 is 9.53 Å². The van der Waals surface area contributed by atoms with Gasteiger partial charge in [0.15, 0.2) is 8.32 Å². The van der Waals surface area contributed by atoms with E-state index in [0.717, 1.165) is 12.8 Å². The van der Waals surface area contributed by atoms with E-state index in [4.69, 9.17) is 8.61 Å². The highest BCUT2D eigenvalue weighted by Gasteiger charge is 2.56. The van der Waals surface area contributed by atoms with Gasteiger partial charge in [0.1, 0.15) is 4.75 Å².